The number of anilines is 2. The molecule has 0 aliphatic heterocycles. The first-order valence-corrected chi connectivity index (χ1v) is 7.43. The van der Waals surface area contributed by atoms with Gasteiger partial charge in [0, 0.05) is 23.8 Å². The molecule has 3 nitrogen and oxygen atoms in total. The Morgan fingerprint density at radius 1 is 1.33 bits per heavy atom. The summed E-state index contributed by atoms with van der Waals surface area (Å²) >= 11 is 1.97. The van der Waals surface area contributed by atoms with Gasteiger partial charge in [0.2, 0.25) is 0 Å². The van der Waals surface area contributed by atoms with Gasteiger partial charge in [-0.3, -0.25) is 4.98 Å². The number of hydrogen-bond donors (Lipinski definition) is 2. The smallest absolute Gasteiger partial charge is 0.0953 e. The van der Waals surface area contributed by atoms with Crippen molar-refractivity contribution in [2.24, 2.45) is 0 Å². The van der Waals surface area contributed by atoms with Crippen molar-refractivity contribution in [1.82, 2.24) is 4.98 Å². The van der Waals surface area contributed by atoms with Gasteiger partial charge in [-0.05, 0) is 42.2 Å². The Hall–Kier alpha value is -1.42. The van der Waals surface area contributed by atoms with Crippen molar-refractivity contribution < 1.29 is 0 Å². The summed E-state index contributed by atoms with van der Waals surface area (Å²) < 4.78 is 0. The molecular weight excluding hydrogens is 242 g/mol. The fourth-order valence-electron chi connectivity index (χ4n) is 1.88. The van der Waals surface area contributed by atoms with Crippen molar-refractivity contribution in [2.45, 2.75) is 13.3 Å². The SMILES string of the molecule is CCSCCCNc1ccc(N)c2cccnc12. The third kappa shape index (κ3) is 3.07. The number of thioether (sulfide) groups is 1. The molecule has 1 aromatic carbocycles. The molecule has 18 heavy (non-hydrogen) atoms. The van der Waals surface area contributed by atoms with E-state index in [0.717, 1.165) is 35.2 Å². The largest absolute Gasteiger partial charge is 0.398 e. The number of benzene rings is 1. The number of nitrogen functional groups attached to an aromatic ring is 1. The second-order valence-electron chi connectivity index (χ2n) is 4.08. The maximum atomic E-state index is 5.95. The zero-order valence-corrected chi connectivity index (χ0v) is 11.5. The lowest BCUT2D eigenvalue weighted by atomic mass is 10.1. The van der Waals surface area contributed by atoms with Crippen molar-refractivity contribution in [2.75, 3.05) is 29.1 Å². The number of nitrogens with one attached hydrogen (secondary N) is 1. The van der Waals surface area contributed by atoms with Crippen LogP contribution in [0.1, 0.15) is 13.3 Å². The van der Waals surface area contributed by atoms with Gasteiger partial charge < -0.3 is 11.1 Å². The quantitative estimate of drug-likeness (QED) is 0.618. The molecule has 0 amide bonds. The molecule has 0 atom stereocenters. The average molecular weight is 261 g/mol. The third-order valence-electron chi connectivity index (χ3n) is 2.79. The average Bonchev–Trinajstić information content (AvgIpc) is 2.41. The molecule has 2 aromatic rings. The normalized spacial score (nSPS) is 10.7. The number of aromatic nitrogens is 1. The van der Waals surface area contributed by atoms with Crippen LogP contribution < -0.4 is 11.1 Å². The van der Waals surface area contributed by atoms with Crippen LogP contribution in [0.4, 0.5) is 11.4 Å². The number of pyridine rings is 1. The van der Waals surface area contributed by atoms with Crippen LogP contribution >= 0.6 is 11.8 Å². The molecule has 96 valence electrons. The molecular formula is C14H19N3S. The van der Waals surface area contributed by atoms with Gasteiger partial charge in [0.05, 0.1) is 11.2 Å². The molecule has 2 rings (SSSR count). The van der Waals surface area contributed by atoms with Crippen LogP contribution in [0.5, 0.6) is 0 Å². The molecule has 0 fully saturated rings. The molecule has 0 bridgehead atoms. The van der Waals surface area contributed by atoms with E-state index in [0.29, 0.717) is 0 Å². The summed E-state index contributed by atoms with van der Waals surface area (Å²) in [6.45, 7) is 3.16. The van der Waals surface area contributed by atoms with Crippen LogP contribution in [-0.2, 0) is 0 Å². The lowest BCUT2D eigenvalue weighted by molar-refractivity contribution is 0.993. The fraction of sp³-hybridized carbons (Fsp3) is 0.357. The van der Waals surface area contributed by atoms with Crippen molar-refractivity contribution in [3.05, 3.63) is 30.5 Å². The van der Waals surface area contributed by atoms with E-state index in [-0.39, 0.29) is 0 Å². The maximum absolute atomic E-state index is 5.95. The second-order valence-corrected chi connectivity index (χ2v) is 5.47. The van der Waals surface area contributed by atoms with Crippen molar-refractivity contribution in [3.8, 4) is 0 Å². The van der Waals surface area contributed by atoms with E-state index in [1.807, 2.05) is 36.0 Å². The third-order valence-corrected chi connectivity index (χ3v) is 3.77. The van der Waals surface area contributed by atoms with Gasteiger partial charge in [0.15, 0.2) is 0 Å². The van der Waals surface area contributed by atoms with Crippen LogP contribution in [0, 0.1) is 0 Å². The van der Waals surface area contributed by atoms with E-state index >= 15 is 0 Å². The Labute approximate surface area is 112 Å². The van der Waals surface area contributed by atoms with E-state index in [1.54, 1.807) is 6.20 Å². The number of nitrogens with zero attached hydrogens (tertiary/aromatic N) is 1. The molecule has 0 saturated carbocycles. The van der Waals surface area contributed by atoms with Gasteiger partial charge >= 0.3 is 0 Å². The number of hydrogen-bond acceptors (Lipinski definition) is 4. The fourth-order valence-corrected chi connectivity index (χ4v) is 2.52. The molecule has 0 aliphatic rings. The molecule has 0 saturated heterocycles. The maximum Gasteiger partial charge on any atom is 0.0953 e. The summed E-state index contributed by atoms with van der Waals surface area (Å²) in [5.41, 5.74) is 8.76. The first kappa shape index (κ1) is 13.0. The van der Waals surface area contributed by atoms with Crippen molar-refractivity contribution in [1.29, 1.82) is 0 Å². The monoisotopic (exact) mass is 261 g/mol. The van der Waals surface area contributed by atoms with E-state index in [4.69, 9.17) is 5.73 Å². The van der Waals surface area contributed by atoms with Gasteiger partial charge in [0.25, 0.3) is 0 Å². The predicted molar refractivity (Wildman–Crippen MR) is 82.3 cm³/mol. The standard InChI is InChI=1S/C14H19N3S/c1-2-18-10-4-9-16-13-7-6-12(15)11-5-3-8-17-14(11)13/h3,5-8,16H,2,4,9-10,15H2,1H3. The first-order valence-electron chi connectivity index (χ1n) is 6.27. The number of fused-ring (bicyclic) bond motifs is 1. The zero-order chi connectivity index (χ0) is 12.8. The topological polar surface area (TPSA) is 50.9 Å². The Morgan fingerprint density at radius 2 is 2.22 bits per heavy atom. The zero-order valence-electron chi connectivity index (χ0n) is 10.6. The molecule has 0 spiro atoms. The summed E-state index contributed by atoms with van der Waals surface area (Å²) in [5.74, 6) is 2.39. The van der Waals surface area contributed by atoms with E-state index in [9.17, 15) is 0 Å². The van der Waals surface area contributed by atoms with E-state index in [2.05, 4.69) is 17.2 Å². The minimum absolute atomic E-state index is 0.783. The van der Waals surface area contributed by atoms with Gasteiger partial charge in [-0.25, -0.2) is 0 Å². The lowest BCUT2D eigenvalue weighted by Gasteiger charge is -2.10. The molecule has 4 heteroatoms. The second kappa shape index (κ2) is 6.50. The highest BCUT2D eigenvalue weighted by Gasteiger charge is 2.03. The molecule has 0 aliphatic carbocycles. The number of nitrogens with two attached hydrogens (primary N) is 1. The minimum Gasteiger partial charge on any atom is -0.398 e. The van der Waals surface area contributed by atoms with Crippen LogP contribution in [0.15, 0.2) is 30.5 Å². The molecule has 0 radical (unpaired) electrons. The van der Waals surface area contributed by atoms with Crippen LogP contribution in [-0.4, -0.2) is 23.0 Å². The molecule has 0 unspecified atom stereocenters. The van der Waals surface area contributed by atoms with Gasteiger partial charge in [-0.1, -0.05) is 6.92 Å². The highest BCUT2D eigenvalue weighted by atomic mass is 32.2. The highest BCUT2D eigenvalue weighted by Crippen LogP contribution is 2.26. The first-order chi connectivity index (χ1) is 8.83. The Kier molecular flexibility index (Phi) is 4.70. The van der Waals surface area contributed by atoms with Crippen LogP contribution in [0.2, 0.25) is 0 Å². The minimum atomic E-state index is 0.783. The summed E-state index contributed by atoms with van der Waals surface area (Å²) in [7, 11) is 0. The highest BCUT2D eigenvalue weighted by molar-refractivity contribution is 7.99. The Morgan fingerprint density at radius 3 is 3.06 bits per heavy atom. The van der Waals surface area contributed by atoms with Crippen molar-refractivity contribution in [3.63, 3.8) is 0 Å². The van der Waals surface area contributed by atoms with Crippen LogP contribution in [0.25, 0.3) is 10.9 Å². The van der Waals surface area contributed by atoms with Gasteiger partial charge in [0.1, 0.15) is 0 Å². The van der Waals surface area contributed by atoms with Crippen LogP contribution in [0.3, 0.4) is 0 Å². The predicted octanol–water partition coefficient (Wildman–Crippen LogP) is 3.37. The van der Waals surface area contributed by atoms with E-state index < -0.39 is 0 Å². The number of rotatable bonds is 6. The van der Waals surface area contributed by atoms with Gasteiger partial charge in [-0.2, -0.15) is 11.8 Å². The summed E-state index contributed by atoms with van der Waals surface area (Å²) in [5, 5.41) is 4.46. The Balaban J connectivity index is 2.07. The molecule has 1 heterocycles. The molecule has 1 aromatic heterocycles. The lowest BCUT2D eigenvalue weighted by Crippen LogP contribution is -2.04. The summed E-state index contributed by atoms with van der Waals surface area (Å²) in [6, 6.07) is 7.88. The Bertz CT molecular complexity index is 513. The van der Waals surface area contributed by atoms with Crippen molar-refractivity contribution >= 4 is 34.0 Å². The van der Waals surface area contributed by atoms with Gasteiger partial charge in [-0.15, -0.1) is 0 Å². The molecule has 3 N–H and O–H groups in total. The summed E-state index contributed by atoms with van der Waals surface area (Å²) in [6.07, 6.45) is 2.97. The van der Waals surface area contributed by atoms with E-state index in [1.165, 1.54) is 11.5 Å². The summed E-state index contributed by atoms with van der Waals surface area (Å²) in [4.78, 5) is 4.41.